The first-order valence-electron chi connectivity index (χ1n) is 12.4. The second kappa shape index (κ2) is 12.8. The minimum atomic E-state index is -0.699. The number of piperidine rings is 1. The molecule has 1 fully saturated rings. The molecule has 0 bridgehead atoms. The molecule has 8 heteroatoms. The number of aliphatic carboxylic acids is 1. The Hall–Kier alpha value is -2.71. The number of nitrogens with zero attached hydrogens (tertiary/aromatic N) is 4. The number of fused-ring (bicyclic) bond motifs is 1. The number of hydrogen-bond acceptors (Lipinski definition) is 7. The van der Waals surface area contributed by atoms with Gasteiger partial charge in [-0.1, -0.05) is 11.8 Å². The summed E-state index contributed by atoms with van der Waals surface area (Å²) in [5.41, 5.74) is 2.29. The van der Waals surface area contributed by atoms with E-state index in [-0.39, 0.29) is 6.42 Å². The highest BCUT2D eigenvalue weighted by Gasteiger charge is 2.29. The molecule has 3 aromatic rings. The number of aryl methyl sites for hydroxylation is 1. The van der Waals surface area contributed by atoms with Gasteiger partial charge in [0.15, 0.2) is 5.16 Å². The van der Waals surface area contributed by atoms with Gasteiger partial charge in [-0.3, -0.25) is 9.78 Å². The molecule has 1 aromatic carbocycles. The van der Waals surface area contributed by atoms with Crippen LogP contribution in [0.1, 0.15) is 37.7 Å². The van der Waals surface area contributed by atoms with Crippen LogP contribution in [0.3, 0.4) is 0 Å². The van der Waals surface area contributed by atoms with Gasteiger partial charge in [0, 0.05) is 49.2 Å². The summed E-state index contributed by atoms with van der Waals surface area (Å²) in [6, 6.07) is 9.98. The van der Waals surface area contributed by atoms with Crippen LogP contribution in [0.15, 0.2) is 54.1 Å². The van der Waals surface area contributed by atoms with Crippen LogP contribution < -0.4 is 4.74 Å². The number of hydrogen-bond donors (Lipinski definition) is 1. The molecule has 35 heavy (non-hydrogen) atoms. The van der Waals surface area contributed by atoms with E-state index in [1.807, 2.05) is 24.4 Å². The molecular formula is C27H34N4O3S. The second-order valence-electron chi connectivity index (χ2n) is 9.17. The lowest BCUT2D eigenvalue weighted by Gasteiger charge is -2.38. The molecule has 4 rings (SSSR count). The number of carboxylic acid groups (broad SMARTS) is 1. The van der Waals surface area contributed by atoms with Crippen molar-refractivity contribution in [3.63, 3.8) is 0 Å². The zero-order valence-corrected chi connectivity index (χ0v) is 21.1. The summed E-state index contributed by atoms with van der Waals surface area (Å²) in [4.78, 5) is 26.8. The predicted octanol–water partition coefficient (Wildman–Crippen LogP) is 4.95. The molecule has 7 nitrogen and oxygen atoms in total. The van der Waals surface area contributed by atoms with Gasteiger partial charge in [-0.2, -0.15) is 0 Å². The van der Waals surface area contributed by atoms with E-state index < -0.39 is 5.97 Å². The number of benzene rings is 1. The molecule has 186 valence electrons. The summed E-state index contributed by atoms with van der Waals surface area (Å²) in [7, 11) is 1.69. The Labute approximate surface area is 211 Å². The smallest absolute Gasteiger partial charge is 0.303 e. The van der Waals surface area contributed by atoms with E-state index in [0.717, 1.165) is 79.3 Å². The Morgan fingerprint density at radius 1 is 1.14 bits per heavy atom. The maximum atomic E-state index is 11.3. The lowest BCUT2D eigenvalue weighted by atomic mass is 9.79. The summed E-state index contributed by atoms with van der Waals surface area (Å²) in [6.07, 6.45) is 10.8. The number of carboxylic acids is 1. The number of ether oxygens (including phenoxy) is 1. The average molecular weight is 495 g/mol. The van der Waals surface area contributed by atoms with Gasteiger partial charge < -0.3 is 14.7 Å². The monoisotopic (exact) mass is 494 g/mol. The number of likely N-dealkylation sites (tertiary alicyclic amines) is 1. The fourth-order valence-electron chi connectivity index (χ4n) is 5.08. The lowest BCUT2D eigenvalue weighted by Crippen LogP contribution is -2.41. The van der Waals surface area contributed by atoms with Gasteiger partial charge in [0.1, 0.15) is 5.75 Å². The van der Waals surface area contributed by atoms with Gasteiger partial charge in [-0.15, -0.1) is 0 Å². The SMILES string of the molecule is COc1ccc2nccc(CCC[C@@H]3CCN(CCSc4ncccn4)C[C@@H]3CCC(=O)O)c2c1. The van der Waals surface area contributed by atoms with Crippen LogP contribution in [0.4, 0.5) is 0 Å². The molecule has 0 aliphatic carbocycles. The van der Waals surface area contributed by atoms with Gasteiger partial charge in [-0.25, -0.2) is 9.97 Å². The largest absolute Gasteiger partial charge is 0.497 e. The van der Waals surface area contributed by atoms with E-state index >= 15 is 0 Å². The van der Waals surface area contributed by atoms with Crippen molar-refractivity contribution in [1.29, 1.82) is 0 Å². The third-order valence-electron chi connectivity index (χ3n) is 6.95. The molecule has 0 spiro atoms. The fourth-order valence-corrected chi connectivity index (χ4v) is 5.89. The van der Waals surface area contributed by atoms with Gasteiger partial charge >= 0.3 is 5.97 Å². The van der Waals surface area contributed by atoms with Crippen LogP contribution in [-0.2, 0) is 11.2 Å². The van der Waals surface area contributed by atoms with Gasteiger partial charge in [0.25, 0.3) is 0 Å². The van der Waals surface area contributed by atoms with Crippen molar-refractivity contribution >= 4 is 28.6 Å². The Kier molecular flexibility index (Phi) is 9.31. The summed E-state index contributed by atoms with van der Waals surface area (Å²) in [5.74, 6) is 2.09. The molecule has 2 atom stereocenters. The van der Waals surface area contributed by atoms with Crippen molar-refractivity contribution in [2.24, 2.45) is 11.8 Å². The Balaban J connectivity index is 1.31. The van der Waals surface area contributed by atoms with Crippen molar-refractivity contribution in [1.82, 2.24) is 19.9 Å². The Morgan fingerprint density at radius 2 is 2.00 bits per heavy atom. The number of rotatable bonds is 12. The number of thioether (sulfide) groups is 1. The quantitative estimate of drug-likeness (QED) is 0.279. The summed E-state index contributed by atoms with van der Waals surface area (Å²) in [5, 5.41) is 11.3. The number of carbonyl (C=O) groups is 1. The average Bonchev–Trinajstić information content (AvgIpc) is 2.88. The van der Waals surface area contributed by atoms with Crippen molar-refractivity contribution in [2.75, 3.05) is 32.5 Å². The van der Waals surface area contributed by atoms with Crippen LogP contribution in [0.2, 0.25) is 0 Å². The third-order valence-corrected chi connectivity index (χ3v) is 7.80. The number of pyridine rings is 1. The van der Waals surface area contributed by atoms with E-state index in [9.17, 15) is 9.90 Å². The molecule has 0 radical (unpaired) electrons. The topological polar surface area (TPSA) is 88.4 Å². The highest BCUT2D eigenvalue weighted by atomic mass is 32.2. The minimum absolute atomic E-state index is 0.246. The van der Waals surface area contributed by atoms with E-state index in [4.69, 9.17) is 4.74 Å². The first-order chi connectivity index (χ1) is 17.1. The van der Waals surface area contributed by atoms with Crippen LogP contribution in [0.25, 0.3) is 10.9 Å². The molecular weight excluding hydrogens is 460 g/mol. The first kappa shape index (κ1) is 25.4. The molecule has 1 N–H and O–H groups in total. The predicted molar refractivity (Wildman–Crippen MR) is 139 cm³/mol. The van der Waals surface area contributed by atoms with Gasteiger partial charge in [-0.05, 0) is 86.4 Å². The lowest BCUT2D eigenvalue weighted by molar-refractivity contribution is -0.137. The maximum Gasteiger partial charge on any atom is 0.303 e. The Morgan fingerprint density at radius 3 is 2.80 bits per heavy atom. The van der Waals surface area contributed by atoms with Crippen LogP contribution in [0, 0.1) is 11.8 Å². The molecule has 2 aromatic heterocycles. The van der Waals surface area contributed by atoms with Crippen molar-refractivity contribution in [3.05, 3.63) is 54.5 Å². The van der Waals surface area contributed by atoms with Gasteiger partial charge in [0.2, 0.25) is 0 Å². The summed E-state index contributed by atoms with van der Waals surface area (Å²) >= 11 is 1.68. The molecule has 3 heterocycles. The normalized spacial score (nSPS) is 18.5. The van der Waals surface area contributed by atoms with Crippen molar-refractivity contribution in [3.8, 4) is 5.75 Å². The molecule has 1 aliphatic rings. The highest BCUT2D eigenvalue weighted by Crippen LogP contribution is 2.32. The summed E-state index contributed by atoms with van der Waals surface area (Å²) < 4.78 is 5.41. The zero-order valence-electron chi connectivity index (χ0n) is 20.3. The molecule has 0 saturated carbocycles. The first-order valence-corrected chi connectivity index (χ1v) is 13.4. The van der Waals surface area contributed by atoms with E-state index in [0.29, 0.717) is 11.8 Å². The molecule has 0 unspecified atom stereocenters. The molecule has 0 amide bonds. The zero-order chi connectivity index (χ0) is 24.5. The van der Waals surface area contributed by atoms with E-state index in [1.165, 1.54) is 5.56 Å². The fraction of sp³-hybridized carbons (Fsp3) is 0.481. The highest BCUT2D eigenvalue weighted by molar-refractivity contribution is 7.99. The van der Waals surface area contributed by atoms with Gasteiger partial charge in [0.05, 0.1) is 12.6 Å². The van der Waals surface area contributed by atoms with E-state index in [1.54, 1.807) is 31.3 Å². The minimum Gasteiger partial charge on any atom is -0.497 e. The van der Waals surface area contributed by atoms with Crippen molar-refractivity contribution < 1.29 is 14.6 Å². The molecule has 1 aliphatic heterocycles. The molecule has 1 saturated heterocycles. The van der Waals surface area contributed by atoms with E-state index in [2.05, 4.69) is 32.0 Å². The Bertz CT molecular complexity index is 1100. The standard InChI is InChI=1S/C27H34N4O3S/c1-34-23-7-8-25-24(18-23)21(10-14-28-25)5-2-4-20-11-15-31(19-22(20)6-9-26(32)33)16-17-35-27-29-12-3-13-30-27/h3,7-8,10,12-14,18,20,22H,2,4-6,9,11,15-17,19H2,1H3,(H,32,33)/t20-,22+/m1/s1. The third kappa shape index (κ3) is 7.39. The maximum absolute atomic E-state index is 11.3. The number of methoxy groups -OCH3 is 1. The van der Waals surface area contributed by atoms with Crippen LogP contribution in [-0.4, -0.2) is 63.4 Å². The van der Waals surface area contributed by atoms with Crippen LogP contribution in [0.5, 0.6) is 5.75 Å². The summed E-state index contributed by atoms with van der Waals surface area (Å²) in [6.45, 7) is 3.02. The van der Waals surface area contributed by atoms with Crippen molar-refractivity contribution in [2.45, 2.75) is 43.7 Å². The number of aromatic nitrogens is 3. The second-order valence-corrected chi connectivity index (χ2v) is 10.2. The van der Waals surface area contributed by atoms with Crippen LogP contribution >= 0.6 is 11.8 Å².